The van der Waals surface area contributed by atoms with Crippen molar-refractivity contribution in [1.82, 2.24) is 19.7 Å². The lowest BCUT2D eigenvalue weighted by molar-refractivity contribution is -0.127. The molecule has 136 valence electrons. The maximum absolute atomic E-state index is 12.4. The van der Waals surface area contributed by atoms with Gasteiger partial charge in [0.2, 0.25) is 5.91 Å². The van der Waals surface area contributed by atoms with E-state index in [4.69, 9.17) is 16.0 Å². The normalized spacial score (nSPS) is 10.9. The van der Waals surface area contributed by atoms with Gasteiger partial charge < -0.3 is 9.32 Å². The summed E-state index contributed by atoms with van der Waals surface area (Å²) in [6.07, 6.45) is 1.60. The zero-order chi connectivity index (χ0) is 18.5. The van der Waals surface area contributed by atoms with Crippen LogP contribution >= 0.6 is 23.4 Å². The van der Waals surface area contributed by atoms with Gasteiger partial charge >= 0.3 is 0 Å². The van der Waals surface area contributed by atoms with E-state index in [1.54, 1.807) is 18.2 Å². The number of furan rings is 1. The van der Waals surface area contributed by atoms with Crippen LogP contribution in [0.1, 0.15) is 12.5 Å². The minimum Gasteiger partial charge on any atom is -0.461 e. The Balaban J connectivity index is 1.62. The van der Waals surface area contributed by atoms with Gasteiger partial charge in [-0.05, 0) is 36.8 Å². The fraction of sp³-hybridized carbons (Fsp3) is 0.278. The third-order valence-electron chi connectivity index (χ3n) is 3.83. The zero-order valence-electron chi connectivity index (χ0n) is 14.6. The molecule has 0 atom stereocenters. The van der Waals surface area contributed by atoms with Gasteiger partial charge in [0.15, 0.2) is 16.7 Å². The topological polar surface area (TPSA) is 64.2 Å². The molecule has 0 radical (unpaired) electrons. The number of carbonyl (C=O) groups is 1. The van der Waals surface area contributed by atoms with E-state index in [0.29, 0.717) is 34.9 Å². The minimum absolute atomic E-state index is 0.0141. The second kappa shape index (κ2) is 8.42. The molecule has 0 aliphatic carbocycles. The molecule has 3 aromatic rings. The number of benzene rings is 1. The summed E-state index contributed by atoms with van der Waals surface area (Å²) < 4.78 is 7.33. The number of nitrogens with zero attached hydrogens (tertiary/aromatic N) is 4. The lowest BCUT2D eigenvalue weighted by atomic mass is 10.2. The van der Waals surface area contributed by atoms with E-state index in [2.05, 4.69) is 10.2 Å². The van der Waals surface area contributed by atoms with Crippen LogP contribution in [0.4, 0.5) is 0 Å². The summed E-state index contributed by atoms with van der Waals surface area (Å²) in [5.41, 5.74) is 0.996. The standard InChI is InChI=1S/C18H19ClN4O2S/c1-3-23-17(15-8-5-9-25-15)20-21-18(23)26-12-16(24)22(2)11-13-6-4-7-14(19)10-13/h4-10H,3,11-12H2,1-2H3. The lowest BCUT2D eigenvalue weighted by Crippen LogP contribution is -2.27. The van der Waals surface area contributed by atoms with Crippen molar-refractivity contribution < 1.29 is 9.21 Å². The number of amides is 1. The van der Waals surface area contributed by atoms with E-state index < -0.39 is 0 Å². The van der Waals surface area contributed by atoms with E-state index in [0.717, 1.165) is 5.56 Å². The maximum Gasteiger partial charge on any atom is 0.233 e. The average molecular weight is 391 g/mol. The van der Waals surface area contributed by atoms with Crippen molar-refractivity contribution in [2.75, 3.05) is 12.8 Å². The van der Waals surface area contributed by atoms with Gasteiger partial charge in [-0.1, -0.05) is 35.5 Å². The van der Waals surface area contributed by atoms with E-state index in [1.165, 1.54) is 11.8 Å². The van der Waals surface area contributed by atoms with Crippen LogP contribution in [0.5, 0.6) is 0 Å². The smallest absolute Gasteiger partial charge is 0.233 e. The monoisotopic (exact) mass is 390 g/mol. The molecule has 3 rings (SSSR count). The molecule has 1 amide bonds. The Hall–Kier alpha value is -2.25. The van der Waals surface area contributed by atoms with Crippen LogP contribution < -0.4 is 0 Å². The lowest BCUT2D eigenvalue weighted by Gasteiger charge is -2.17. The molecule has 0 aliphatic heterocycles. The highest BCUT2D eigenvalue weighted by atomic mass is 35.5. The van der Waals surface area contributed by atoms with Crippen molar-refractivity contribution in [2.24, 2.45) is 0 Å². The van der Waals surface area contributed by atoms with Gasteiger partial charge in [-0.2, -0.15) is 0 Å². The average Bonchev–Trinajstić information content (AvgIpc) is 3.28. The van der Waals surface area contributed by atoms with Crippen LogP contribution in [0, 0.1) is 0 Å². The third kappa shape index (κ3) is 4.28. The maximum atomic E-state index is 12.4. The first kappa shape index (κ1) is 18.5. The SMILES string of the molecule is CCn1c(SCC(=O)N(C)Cc2cccc(Cl)c2)nnc1-c1ccco1. The minimum atomic E-state index is 0.0141. The summed E-state index contributed by atoms with van der Waals surface area (Å²) in [5, 5.41) is 9.75. The number of hydrogen-bond acceptors (Lipinski definition) is 5. The highest BCUT2D eigenvalue weighted by Gasteiger charge is 2.17. The highest BCUT2D eigenvalue weighted by Crippen LogP contribution is 2.24. The molecule has 2 aromatic heterocycles. The fourth-order valence-corrected chi connectivity index (χ4v) is 3.66. The second-order valence-electron chi connectivity index (χ2n) is 5.70. The van der Waals surface area contributed by atoms with Gasteiger partial charge in [-0.3, -0.25) is 9.36 Å². The van der Waals surface area contributed by atoms with Gasteiger partial charge in [-0.25, -0.2) is 0 Å². The van der Waals surface area contributed by atoms with Crippen LogP contribution in [0.15, 0.2) is 52.2 Å². The summed E-state index contributed by atoms with van der Waals surface area (Å²) in [4.78, 5) is 14.1. The van der Waals surface area contributed by atoms with E-state index >= 15 is 0 Å². The molecule has 8 heteroatoms. The summed E-state index contributed by atoms with van der Waals surface area (Å²) in [5.74, 6) is 1.63. The molecular weight excluding hydrogens is 372 g/mol. The molecule has 26 heavy (non-hydrogen) atoms. The molecule has 0 spiro atoms. The Labute approximate surface area is 161 Å². The first-order valence-electron chi connectivity index (χ1n) is 8.16. The Bertz CT molecular complexity index is 879. The molecule has 6 nitrogen and oxygen atoms in total. The van der Waals surface area contributed by atoms with Crippen molar-refractivity contribution in [2.45, 2.75) is 25.2 Å². The molecule has 0 saturated carbocycles. The molecule has 2 heterocycles. The zero-order valence-corrected chi connectivity index (χ0v) is 16.1. The Morgan fingerprint density at radius 3 is 2.85 bits per heavy atom. The van der Waals surface area contributed by atoms with Crippen molar-refractivity contribution in [1.29, 1.82) is 0 Å². The summed E-state index contributed by atoms with van der Waals surface area (Å²) in [6.45, 7) is 3.21. The van der Waals surface area contributed by atoms with Crippen molar-refractivity contribution >= 4 is 29.3 Å². The van der Waals surface area contributed by atoms with Gasteiger partial charge in [0.05, 0.1) is 12.0 Å². The van der Waals surface area contributed by atoms with Crippen LogP contribution in [0.3, 0.4) is 0 Å². The van der Waals surface area contributed by atoms with Crippen molar-refractivity contribution in [3.8, 4) is 11.6 Å². The molecular formula is C18H19ClN4O2S. The second-order valence-corrected chi connectivity index (χ2v) is 7.08. The number of halogens is 1. The molecule has 0 saturated heterocycles. The number of carbonyl (C=O) groups excluding carboxylic acids is 1. The molecule has 0 unspecified atom stereocenters. The van der Waals surface area contributed by atoms with Gasteiger partial charge in [0.25, 0.3) is 0 Å². The van der Waals surface area contributed by atoms with Gasteiger partial charge in [0, 0.05) is 25.2 Å². The first-order valence-corrected chi connectivity index (χ1v) is 9.53. The molecule has 0 N–H and O–H groups in total. The largest absolute Gasteiger partial charge is 0.461 e. The van der Waals surface area contributed by atoms with Crippen molar-refractivity contribution in [3.63, 3.8) is 0 Å². The molecule has 1 aromatic carbocycles. The molecule has 0 aliphatic rings. The number of rotatable bonds is 7. The quantitative estimate of drug-likeness (QED) is 0.571. The number of aromatic nitrogens is 3. The van der Waals surface area contributed by atoms with Crippen LogP contribution in [0.2, 0.25) is 5.02 Å². The predicted octanol–water partition coefficient (Wildman–Crippen LogP) is 3.96. The van der Waals surface area contributed by atoms with Crippen LogP contribution in [-0.2, 0) is 17.9 Å². The van der Waals surface area contributed by atoms with E-state index in [-0.39, 0.29) is 11.7 Å². The predicted molar refractivity (Wildman–Crippen MR) is 102 cm³/mol. The summed E-state index contributed by atoms with van der Waals surface area (Å²) in [6, 6.07) is 11.2. The molecule has 0 bridgehead atoms. The highest BCUT2D eigenvalue weighted by molar-refractivity contribution is 7.99. The van der Waals surface area contributed by atoms with Crippen LogP contribution in [-0.4, -0.2) is 38.4 Å². The number of hydrogen-bond donors (Lipinski definition) is 0. The Morgan fingerprint density at radius 1 is 1.31 bits per heavy atom. The Kier molecular flexibility index (Phi) is 6.00. The fourth-order valence-electron chi connectivity index (χ4n) is 2.50. The van der Waals surface area contributed by atoms with Crippen LogP contribution in [0.25, 0.3) is 11.6 Å². The van der Waals surface area contributed by atoms with Gasteiger partial charge in [0.1, 0.15) is 0 Å². The third-order valence-corrected chi connectivity index (χ3v) is 5.02. The van der Waals surface area contributed by atoms with E-state index in [1.807, 2.05) is 47.9 Å². The first-order chi connectivity index (χ1) is 12.6. The molecule has 0 fully saturated rings. The number of thioether (sulfide) groups is 1. The Morgan fingerprint density at radius 2 is 2.15 bits per heavy atom. The van der Waals surface area contributed by atoms with Gasteiger partial charge in [-0.15, -0.1) is 10.2 Å². The summed E-state index contributed by atoms with van der Waals surface area (Å²) >= 11 is 7.36. The van der Waals surface area contributed by atoms with Crippen molar-refractivity contribution in [3.05, 3.63) is 53.2 Å². The summed E-state index contributed by atoms with van der Waals surface area (Å²) in [7, 11) is 1.78. The van der Waals surface area contributed by atoms with E-state index in [9.17, 15) is 4.79 Å².